The summed E-state index contributed by atoms with van der Waals surface area (Å²) < 4.78 is 5.04. The lowest BCUT2D eigenvalue weighted by Crippen LogP contribution is -2.08. The topological polar surface area (TPSA) is 38.3 Å². The summed E-state index contributed by atoms with van der Waals surface area (Å²) in [6.07, 6.45) is 0. The SMILES string of the molecule is CCOC(=O)c1ccc(-c2ccccc2)cc1NC. The van der Waals surface area contributed by atoms with Gasteiger partial charge in [0.2, 0.25) is 0 Å². The number of ether oxygens (including phenoxy) is 1. The largest absolute Gasteiger partial charge is 0.462 e. The van der Waals surface area contributed by atoms with Crippen LogP contribution < -0.4 is 5.32 Å². The molecule has 2 aromatic rings. The molecule has 0 amide bonds. The zero-order valence-corrected chi connectivity index (χ0v) is 11.1. The highest BCUT2D eigenvalue weighted by molar-refractivity contribution is 5.96. The molecule has 0 heterocycles. The van der Waals surface area contributed by atoms with Crippen LogP contribution in [0.3, 0.4) is 0 Å². The average Bonchev–Trinajstić information content (AvgIpc) is 2.47. The fraction of sp³-hybridized carbons (Fsp3) is 0.188. The Kier molecular flexibility index (Phi) is 4.18. The van der Waals surface area contributed by atoms with Crippen molar-refractivity contribution in [1.82, 2.24) is 0 Å². The minimum atomic E-state index is -0.300. The molecule has 0 bridgehead atoms. The van der Waals surface area contributed by atoms with Gasteiger partial charge in [0, 0.05) is 12.7 Å². The molecule has 0 aliphatic carbocycles. The highest BCUT2D eigenvalue weighted by atomic mass is 16.5. The van der Waals surface area contributed by atoms with Gasteiger partial charge < -0.3 is 10.1 Å². The zero-order chi connectivity index (χ0) is 13.7. The van der Waals surface area contributed by atoms with E-state index in [1.54, 1.807) is 20.0 Å². The molecular formula is C16H17NO2. The quantitative estimate of drug-likeness (QED) is 0.849. The van der Waals surface area contributed by atoms with Gasteiger partial charge in [0.25, 0.3) is 0 Å². The molecule has 0 unspecified atom stereocenters. The number of esters is 1. The van der Waals surface area contributed by atoms with Crippen LogP contribution in [0.1, 0.15) is 17.3 Å². The average molecular weight is 255 g/mol. The molecule has 0 spiro atoms. The standard InChI is InChI=1S/C16H17NO2/c1-3-19-16(18)14-10-9-13(11-15(14)17-2)12-7-5-4-6-8-12/h4-11,17H,3H2,1-2H3. The predicted octanol–water partition coefficient (Wildman–Crippen LogP) is 3.57. The van der Waals surface area contributed by atoms with Crippen molar-refractivity contribution in [2.75, 3.05) is 19.0 Å². The Balaban J connectivity index is 2.39. The molecule has 2 rings (SSSR count). The second-order valence-corrected chi connectivity index (χ2v) is 4.10. The van der Waals surface area contributed by atoms with Crippen LogP contribution >= 0.6 is 0 Å². The summed E-state index contributed by atoms with van der Waals surface area (Å²) in [5.74, 6) is -0.300. The lowest BCUT2D eigenvalue weighted by atomic mass is 10.0. The molecule has 1 N–H and O–H groups in total. The second-order valence-electron chi connectivity index (χ2n) is 4.10. The first-order valence-corrected chi connectivity index (χ1v) is 6.30. The third kappa shape index (κ3) is 2.94. The smallest absolute Gasteiger partial charge is 0.340 e. The molecular weight excluding hydrogens is 238 g/mol. The number of benzene rings is 2. The van der Waals surface area contributed by atoms with Gasteiger partial charge in [0.15, 0.2) is 0 Å². The van der Waals surface area contributed by atoms with Crippen LogP contribution in [-0.4, -0.2) is 19.6 Å². The normalized spacial score (nSPS) is 10.0. The van der Waals surface area contributed by atoms with Crippen molar-refractivity contribution in [2.45, 2.75) is 6.92 Å². The number of anilines is 1. The van der Waals surface area contributed by atoms with E-state index in [-0.39, 0.29) is 5.97 Å². The van der Waals surface area contributed by atoms with Crippen molar-refractivity contribution >= 4 is 11.7 Å². The van der Waals surface area contributed by atoms with Crippen LogP contribution in [-0.2, 0) is 4.74 Å². The fourth-order valence-corrected chi connectivity index (χ4v) is 1.95. The first-order chi connectivity index (χ1) is 9.26. The Morgan fingerprint density at radius 2 is 1.84 bits per heavy atom. The van der Waals surface area contributed by atoms with Crippen molar-refractivity contribution in [3.8, 4) is 11.1 Å². The highest BCUT2D eigenvalue weighted by Gasteiger charge is 2.12. The van der Waals surface area contributed by atoms with Gasteiger partial charge in [0.1, 0.15) is 0 Å². The first kappa shape index (κ1) is 13.1. The Morgan fingerprint density at radius 3 is 2.47 bits per heavy atom. The van der Waals surface area contributed by atoms with Crippen LogP contribution in [0.5, 0.6) is 0 Å². The van der Waals surface area contributed by atoms with E-state index >= 15 is 0 Å². The number of nitrogens with one attached hydrogen (secondary N) is 1. The molecule has 0 fully saturated rings. The van der Waals surface area contributed by atoms with Gasteiger partial charge in [-0.1, -0.05) is 36.4 Å². The molecule has 0 aliphatic heterocycles. The summed E-state index contributed by atoms with van der Waals surface area (Å²) in [5.41, 5.74) is 3.52. The van der Waals surface area contributed by atoms with Gasteiger partial charge in [-0.05, 0) is 30.2 Å². The van der Waals surface area contributed by atoms with E-state index in [1.807, 2.05) is 42.5 Å². The van der Waals surface area contributed by atoms with Gasteiger partial charge in [-0.15, -0.1) is 0 Å². The molecule has 19 heavy (non-hydrogen) atoms. The molecule has 98 valence electrons. The van der Waals surface area contributed by atoms with Gasteiger partial charge in [-0.2, -0.15) is 0 Å². The summed E-state index contributed by atoms with van der Waals surface area (Å²) in [6.45, 7) is 2.18. The highest BCUT2D eigenvalue weighted by Crippen LogP contribution is 2.25. The molecule has 0 aliphatic rings. The lowest BCUT2D eigenvalue weighted by molar-refractivity contribution is 0.0527. The second kappa shape index (κ2) is 6.05. The van der Waals surface area contributed by atoms with E-state index in [9.17, 15) is 4.79 Å². The molecule has 0 atom stereocenters. The minimum Gasteiger partial charge on any atom is -0.462 e. The number of carbonyl (C=O) groups is 1. The van der Waals surface area contributed by atoms with Crippen LogP contribution in [0.4, 0.5) is 5.69 Å². The van der Waals surface area contributed by atoms with Gasteiger partial charge in [-0.25, -0.2) is 4.79 Å². The van der Waals surface area contributed by atoms with Crippen LogP contribution in [0.25, 0.3) is 11.1 Å². The third-order valence-electron chi connectivity index (χ3n) is 2.89. The van der Waals surface area contributed by atoms with E-state index in [1.165, 1.54) is 0 Å². The van der Waals surface area contributed by atoms with Gasteiger partial charge >= 0.3 is 5.97 Å². The van der Waals surface area contributed by atoms with Crippen LogP contribution in [0.2, 0.25) is 0 Å². The number of carbonyl (C=O) groups excluding carboxylic acids is 1. The number of hydrogen-bond donors (Lipinski definition) is 1. The molecule has 0 radical (unpaired) electrons. The van der Waals surface area contributed by atoms with Crippen molar-refractivity contribution in [1.29, 1.82) is 0 Å². The van der Waals surface area contributed by atoms with E-state index < -0.39 is 0 Å². The van der Waals surface area contributed by atoms with Crippen LogP contribution in [0.15, 0.2) is 48.5 Å². The number of rotatable bonds is 4. The Labute approximate surface area is 113 Å². The first-order valence-electron chi connectivity index (χ1n) is 6.30. The third-order valence-corrected chi connectivity index (χ3v) is 2.89. The molecule has 0 aromatic heterocycles. The van der Waals surface area contributed by atoms with Crippen molar-refractivity contribution in [3.05, 3.63) is 54.1 Å². The molecule has 3 nitrogen and oxygen atoms in total. The molecule has 2 aromatic carbocycles. The van der Waals surface area contributed by atoms with E-state index in [0.29, 0.717) is 12.2 Å². The summed E-state index contributed by atoms with van der Waals surface area (Å²) in [7, 11) is 1.80. The number of hydrogen-bond acceptors (Lipinski definition) is 3. The minimum absolute atomic E-state index is 0.300. The Bertz CT molecular complexity index is 564. The van der Waals surface area contributed by atoms with Crippen LogP contribution in [0, 0.1) is 0 Å². The van der Waals surface area contributed by atoms with E-state index in [2.05, 4.69) is 5.32 Å². The molecule has 0 saturated carbocycles. The molecule has 0 saturated heterocycles. The summed E-state index contributed by atoms with van der Waals surface area (Å²) in [5, 5.41) is 3.04. The van der Waals surface area contributed by atoms with Crippen molar-refractivity contribution in [3.63, 3.8) is 0 Å². The maximum atomic E-state index is 11.8. The monoisotopic (exact) mass is 255 g/mol. The maximum absolute atomic E-state index is 11.8. The Morgan fingerprint density at radius 1 is 1.11 bits per heavy atom. The fourth-order valence-electron chi connectivity index (χ4n) is 1.95. The summed E-state index contributed by atoms with van der Waals surface area (Å²) >= 11 is 0. The van der Waals surface area contributed by atoms with Crippen molar-refractivity contribution in [2.24, 2.45) is 0 Å². The van der Waals surface area contributed by atoms with E-state index in [0.717, 1.165) is 16.8 Å². The predicted molar refractivity (Wildman–Crippen MR) is 77.4 cm³/mol. The van der Waals surface area contributed by atoms with E-state index in [4.69, 9.17) is 4.74 Å². The summed E-state index contributed by atoms with van der Waals surface area (Å²) in [6, 6.07) is 15.7. The zero-order valence-electron chi connectivity index (χ0n) is 11.1. The maximum Gasteiger partial charge on any atom is 0.340 e. The van der Waals surface area contributed by atoms with Crippen molar-refractivity contribution < 1.29 is 9.53 Å². The van der Waals surface area contributed by atoms with Gasteiger partial charge in [-0.3, -0.25) is 0 Å². The lowest BCUT2D eigenvalue weighted by Gasteiger charge is -2.10. The molecule has 3 heteroatoms. The van der Waals surface area contributed by atoms with Gasteiger partial charge in [0.05, 0.1) is 12.2 Å². The summed E-state index contributed by atoms with van der Waals surface area (Å²) in [4.78, 5) is 11.8. The Hall–Kier alpha value is -2.29.